The van der Waals surface area contributed by atoms with Gasteiger partial charge in [-0.25, -0.2) is 13.8 Å². The molecule has 1 aromatic rings. The zero-order valence-electron chi connectivity index (χ0n) is 7.21. The average Bonchev–Trinajstić information content (AvgIpc) is 2.50. The summed E-state index contributed by atoms with van der Waals surface area (Å²) in [6.07, 6.45) is 0. The van der Waals surface area contributed by atoms with E-state index in [1.807, 2.05) is 0 Å². The fraction of sp³-hybridized carbons (Fsp3) is 0.222. The Kier molecular flexibility index (Phi) is 2.07. The van der Waals surface area contributed by atoms with Crippen molar-refractivity contribution in [2.45, 2.75) is 6.04 Å². The third-order valence-corrected chi connectivity index (χ3v) is 1.94. The molecule has 1 aliphatic rings. The van der Waals surface area contributed by atoms with Crippen LogP contribution < -0.4 is 5.73 Å². The lowest BCUT2D eigenvalue weighted by Gasteiger charge is -2.05. The molecule has 0 saturated carbocycles. The van der Waals surface area contributed by atoms with Crippen molar-refractivity contribution in [3.63, 3.8) is 0 Å². The number of nitrogens with zero attached hydrogens (tertiary/aromatic N) is 1. The molecule has 0 aliphatic carbocycles. The number of hydrogen-bond donors (Lipinski definition) is 1. The predicted molar refractivity (Wildman–Crippen MR) is 46.7 cm³/mol. The molecule has 0 saturated heterocycles. The molecular weight excluding hydrogens is 190 g/mol. The van der Waals surface area contributed by atoms with Gasteiger partial charge < -0.3 is 10.5 Å². The first-order valence-electron chi connectivity index (χ1n) is 4.07. The first-order chi connectivity index (χ1) is 6.65. The van der Waals surface area contributed by atoms with E-state index >= 15 is 0 Å². The smallest absolute Gasteiger partial charge is 0.282 e. The van der Waals surface area contributed by atoms with Crippen LogP contribution in [0.4, 0.5) is 8.78 Å². The number of nitrogens with two attached hydrogens (primary N) is 1. The van der Waals surface area contributed by atoms with Gasteiger partial charge in [0.1, 0.15) is 24.3 Å². The quantitative estimate of drug-likeness (QED) is 0.740. The molecule has 0 amide bonds. The Morgan fingerprint density at radius 2 is 1.93 bits per heavy atom. The van der Waals surface area contributed by atoms with E-state index in [2.05, 4.69) is 4.99 Å². The molecular formula is C9H8F2N2O. The maximum Gasteiger partial charge on any atom is 0.282 e. The van der Waals surface area contributed by atoms with E-state index < -0.39 is 17.7 Å². The molecule has 0 spiro atoms. The fourth-order valence-corrected chi connectivity index (χ4v) is 1.33. The van der Waals surface area contributed by atoms with Gasteiger partial charge in [-0.05, 0) is 17.7 Å². The summed E-state index contributed by atoms with van der Waals surface area (Å²) < 4.78 is 30.5. The van der Waals surface area contributed by atoms with Gasteiger partial charge in [0.15, 0.2) is 0 Å². The molecule has 3 nitrogen and oxygen atoms in total. The van der Waals surface area contributed by atoms with Crippen LogP contribution in [0.15, 0.2) is 23.2 Å². The van der Waals surface area contributed by atoms with Crippen molar-refractivity contribution in [2.75, 3.05) is 6.61 Å². The molecule has 5 heteroatoms. The fourth-order valence-electron chi connectivity index (χ4n) is 1.33. The predicted octanol–water partition coefficient (Wildman–Crippen LogP) is 1.35. The van der Waals surface area contributed by atoms with Crippen molar-refractivity contribution in [3.05, 3.63) is 35.4 Å². The lowest BCUT2D eigenvalue weighted by molar-refractivity contribution is 0.314. The first kappa shape index (κ1) is 8.93. The van der Waals surface area contributed by atoms with E-state index in [9.17, 15) is 8.78 Å². The van der Waals surface area contributed by atoms with Gasteiger partial charge in [-0.15, -0.1) is 0 Å². The van der Waals surface area contributed by atoms with Crippen molar-refractivity contribution in [1.82, 2.24) is 0 Å². The first-order valence-corrected chi connectivity index (χ1v) is 4.07. The van der Waals surface area contributed by atoms with Crippen LogP contribution in [0.3, 0.4) is 0 Å². The molecule has 2 rings (SSSR count). The van der Waals surface area contributed by atoms with E-state index in [-0.39, 0.29) is 12.6 Å². The van der Waals surface area contributed by atoms with Crippen LogP contribution in [-0.4, -0.2) is 12.6 Å². The van der Waals surface area contributed by atoms with Crippen molar-refractivity contribution in [1.29, 1.82) is 0 Å². The Morgan fingerprint density at radius 3 is 2.43 bits per heavy atom. The highest BCUT2D eigenvalue weighted by atomic mass is 19.1. The summed E-state index contributed by atoms with van der Waals surface area (Å²) in [4.78, 5) is 3.88. The monoisotopic (exact) mass is 198 g/mol. The zero-order valence-corrected chi connectivity index (χ0v) is 7.21. The van der Waals surface area contributed by atoms with Gasteiger partial charge in [0.2, 0.25) is 0 Å². The average molecular weight is 198 g/mol. The van der Waals surface area contributed by atoms with Gasteiger partial charge in [0.25, 0.3) is 6.02 Å². The van der Waals surface area contributed by atoms with Crippen LogP contribution in [0.1, 0.15) is 11.6 Å². The molecule has 0 unspecified atom stereocenters. The Hall–Kier alpha value is -1.65. The van der Waals surface area contributed by atoms with Gasteiger partial charge in [-0.2, -0.15) is 0 Å². The van der Waals surface area contributed by atoms with Crippen LogP contribution in [-0.2, 0) is 4.74 Å². The van der Waals surface area contributed by atoms with Crippen LogP contribution in [0, 0.1) is 11.6 Å². The van der Waals surface area contributed by atoms with Crippen LogP contribution in [0.5, 0.6) is 0 Å². The van der Waals surface area contributed by atoms with Crippen molar-refractivity contribution in [3.8, 4) is 0 Å². The van der Waals surface area contributed by atoms with Crippen LogP contribution >= 0.6 is 0 Å². The van der Waals surface area contributed by atoms with Crippen LogP contribution in [0.25, 0.3) is 0 Å². The molecule has 0 fully saturated rings. The topological polar surface area (TPSA) is 47.6 Å². The summed E-state index contributed by atoms with van der Waals surface area (Å²) in [6, 6.07) is 2.91. The second-order valence-corrected chi connectivity index (χ2v) is 3.00. The normalized spacial score (nSPS) is 20.4. The summed E-state index contributed by atoms with van der Waals surface area (Å²) in [5.74, 6) is -1.25. The second-order valence-electron chi connectivity index (χ2n) is 3.00. The van der Waals surface area contributed by atoms with E-state index in [0.29, 0.717) is 5.56 Å². The highest BCUT2D eigenvalue weighted by Crippen LogP contribution is 2.23. The molecule has 1 aromatic carbocycles. The Morgan fingerprint density at radius 1 is 1.29 bits per heavy atom. The molecule has 0 bridgehead atoms. The minimum Gasteiger partial charge on any atom is -0.463 e. The number of halogens is 2. The standard InChI is InChI=1S/C9H8F2N2O/c10-6-1-5(2-7(11)3-6)8-4-14-9(12)13-8/h1-3,8H,4H2,(H2,12,13)/t8-/m0/s1. The summed E-state index contributed by atoms with van der Waals surface area (Å²) in [5.41, 5.74) is 5.71. The number of ether oxygens (including phenoxy) is 1. The molecule has 2 N–H and O–H groups in total. The maximum absolute atomic E-state index is 12.8. The highest BCUT2D eigenvalue weighted by Gasteiger charge is 2.19. The third-order valence-electron chi connectivity index (χ3n) is 1.94. The Balaban J connectivity index is 2.32. The van der Waals surface area contributed by atoms with Crippen molar-refractivity contribution in [2.24, 2.45) is 10.7 Å². The van der Waals surface area contributed by atoms with Crippen molar-refractivity contribution < 1.29 is 13.5 Å². The van der Waals surface area contributed by atoms with Crippen LogP contribution in [0.2, 0.25) is 0 Å². The lowest BCUT2D eigenvalue weighted by Crippen LogP contribution is -2.10. The van der Waals surface area contributed by atoms with Crippen molar-refractivity contribution >= 4 is 6.02 Å². The third kappa shape index (κ3) is 1.66. The second kappa shape index (κ2) is 3.25. The summed E-state index contributed by atoms with van der Waals surface area (Å²) >= 11 is 0. The van der Waals surface area contributed by atoms with Gasteiger partial charge in [0.05, 0.1) is 0 Å². The number of rotatable bonds is 1. The summed E-state index contributed by atoms with van der Waals surface area (Å²) in [5, 5.41) is 0. The number of hydrogen-bond acceptors (Lipinski definition) is 3. The van der Waals surface area contributed by atoms with Gasteiger partial charge in [0, 0.05) is 6.07 Å². The van der Waals surface area contributed by atoms with E-state index in [4.69, 9.17) is 10.5 Å². The molecule has 14 heavy (non-hydrogen) atoms. The number of amidine groups is 1. The maximum atomic E-state index is 12.8. The Bertz CT molecular complexity index is 372. The minimum absolute atomic E-state index is 0.0552. The van der Waals surface area contributed by atoms with Gasteiger partial charge in [-0.3, -0.25) is 0 Å². The summed E-state index contributed by atoms with van der Waals surface area (Å²) in [7, 11) is 0. The van der Waals surface area contributed by atoms with Gasteiger partial charge in [-0.1, -0.05) is 0 Å². The number of benzene rings is 1. The SMILES string of the molecule is NC1=N[C@H](c2cc(F)cc(F)c2)CO1. The molecule has 0 aromatic heterocycles. The lowest BCUT2D eigenvalue weighted by atomic mass is 10.1. The molecule has 0 radical (unpaired) electrons. The minimum atomic E-state index is -0.624. The molecule has 74 valence electrons. The number of aliphatic imine (C=N–C) groups is 1. The summed E-state index contributed by atoms with van der Waals surface area (Å²) in [6.45, 7) is 0.231. The Labute approximate surface area is 79.2 Å². The molecule has 1 heterocycles. The largest absolute Gasteiger partial charge is 0.463 e. The zero-order chi connectivity index (χ0) is 10.1. The van der Waals surface area contributed by atoms with Gasteiger partial charge >= 0.3 is 0 Å². The molecule has 1 atom stereocenters. The van der Waals surface area contributed by atoms with E-state index in [0.717, 1.165) is 6.07 Å². The van der Waals surface area contributed by atoms with E-state index in [1.165, 1.54) is 12.1 Å². The highest BCUT2D eigenvalue weighted by molar-refractivity contribution is 5.73. The van der Waals surface area contributed by atoms with E-state index in [1.54, 1.807) is 0 Å². The molecule has 1 aliphatic heterocycles.